The van der Waals surface area contributed by atoms with Crippen LogP contribution in [0.25, 0.3) is 0 Å². The van der Waals surface area contributed by atoms with E-state index >= 15 is 0 Å². The van der Waals surface area contributed by atoms with Gasteiger partial charge in [0.1, 0.15) is 12.2 Å². The van der Waals surface area contributed by atoms with Gasteiger partial charge in [-0.25, -0.2) is 0 Å². The molecule has 0 aromatic rings. The van der Waals surface area contributed by atoms with Crippen molar-refractivity contribution in [2.75, 3.05) is 0 Å². The average Bonchev–Trinajstić information content (AvgIpc) is 1.84. The molecule has 0 aliphatic heterocycles. The third-order valence-electron chi connectivity index (χ3n) is 0.782. The molecule has 90 valence electrons. The van der Waals surface area contributed by atoms with Crippen molar-refractivity contribution in [1.29, 1.82) is 0 Å². The van der Waals surface area contributed by atoms with Crippen molar-refractivity contribution in [3.8, 4) is 0 Å². The van der Waals surface area contributed by atoms with Crippen LogP contribution in [0.1, 0.15) is 0 Å². The molecule has 0 bridgehead atoms. The molecule has 0 amide bonds. The second-order valence-electron chi connectivity index (χ2n) is 1.53. The zero-order valence-corrected chi connectivity index (χ0v) is 9.60. The van der Waals surface area contributed by atoms with Crippen molar-refractivity contribution in [2.24, 2.45) is 0 Å². The molecule has 11 heteroatoms. The van der Waals surface area contributed by atoms with E-state index in [1.807, 2.05) is 0 Å². The Balaban J connectivity index is -0.0000000405. The molecule has 0 aromatic carbocycles. The van der Waals surface area contributed by atoms with Crippen LogP contribution in [-0.2, 0) is 9.59 Å². The van der Waals surface area contributed by atoms with E-state index in [0.29, 0.717) is 0 Å². The van der Waals surface area contributed by atoms with Gasteiger partial charge < -0.3 is 51.9 Å². The molecule has 0 saturated carbocycles. The fourth-order valence-corrected chi connectivity index (χ4v) is 0.258. The van der Waals surface area contributed by atoms with E-state index in [2.05, 4.69) is 0 Å². The summed E-state index contributed by atoms with van der Waals surface area (Å²) < 4.78 is 0. The number of aliphatic hydroxyl groups excluding tert-OH is 2. The molecule has 10 N–H and O–H groups in total. The van der Waals surface area contributed by atoms with Gasteiger partial charge in [-0.05, 0) is 0 Å². The second-order valence-corrected chi connectivity index (χ2v) is 1.53. The largest absolute Gasteiger partial charge is 2.00 e. The van der Waals surface area contributed by atoms with E-state index in [1.165, 1.54) is 0 Å². The number of carbonyl (C=O) groups is 2. The van der Waals surface area contributed by atoms with Crippen LogP contribution < -0.4 is 10.2 Å². The van der Waals surface area contributed by atoms with Crippen molar-refractivity contribution >= 4 is 49.7 Å². The molecule has 0 aliphatic rings. The summed E-state index contributed by atoms with van der Waals surface area (Å²) in [6.45, 7) is 0. The topological polar surface area (TPSA) is 247 Å². The Morgan fingerprint density at radius 1 is 0.800 bits per heavy atom. The van der Waals surface area contributed by atoms with Gasteiger partial charge in [-0.3, -0.25) is 0 Å². The summed E-state index contributed by atoms with van der Waals surface area (Å²) in [5.41, 5.74) is 0. The molecule has 0 aliphatic carbocycles. The van der Waals surface area contributed by atoms with Crippen molar-refractivity contribution in [3.05, 3.63) is 0 Å². The summed E-state index contributed by atoms with van der Waals surface area (Å²) in [5, 5.41) is 35.7. The Bertz CT molecular complexity index is 142. The summed E-state index contributed by atoms with van der Waals surface area (Å²) >= 11 is 0. The van der Waals surface area contributed by atoms with E-state index in [9.17, 15) is 19.8 Å². The van der Waals surface area contributed by atoms with Gasteiger partial charge in [0.25, 0.3) is 0 Å². The zero-order chi connectivity index (χ0) is 8.31. The third-order valence-corrected chi connectivity index (χ3v) is 0.782. The fourth-order valence-electron chi connectivity index (χ4n) is 0.258. The molecule has 0 fully saturated rings. The maximum atomic E-state index is 9.63. The van der Waals surface area contributed by atoms with E-state index < -0.39 is 24.1 Å². The van der Waals surface area contributed by atoms with Crippen LogP contribution in [0.5, 0.6) is 0 Å². The maximum Gasteiger partial charge on any atom is 2.00 e. The molecule has 15 heavy (non-hydrogen) atoms. The predicted molar refractivity (Wildman–Crippen MR) is 42.2 cm³/mol. The van der Waals surface area contributed by atoms with Crippen LogP contribution in [0.2, 0.25) is 0 Å². The molecule has 0 saturated heterocycles. The zero-order valence-electron chi connectivity index (χ0n) is 7.39. The Labute approximate surface area is 113 Å². The van der Waals surface area contributed by atoms with E-state index in [0.717, 1.165) is 0 Å². The van der Waals surface area contributed by atoms with E-state index in [1.54, 1.807) is 0 Å². The first-order chi connectivity index (χ1) is 4.46. The molecule has 0 spiro atoms. The van der Waals surface area contributed by atoms with Crippen molar-refractivity contribution < 1.29 is 51.9 Å². The van der Waals surface area contributed by atoms with Crippen LogP contribution in [0.4, 0.5) is 0 Å². The van der Waals surface area contributed by atoms with Crippen molar-refractivity contribution in [2.45, 2.75) is 12.2 Å². The number of rotatable bonds is 3. The second kappa shape index (κ2) is 16.4. The minimum absolute atomic E-state index is 0. The Morgan fingerprint density at radius 2 is 0.933 bits per heavy atom. The minimum Gasteiger partial charge on any atom is -0.547 e. The van der Waals surface area contributed by atoms with Gasteiger partial charge in [0, 0.05) is 0 Å². The fraction of sp³-hybridized carbons (Fsp3) is 0.500. The average molecular weight is 260 g/mol. The minimum atomic E-state index is -2.44. The number of carboxylic acids is 2. The number of hydrogen-bond donors (Lipinski definition) is 2. The summed E-state index contributed by atoms with van der Waals surface area (Å²) in [6, 6.07) is 0. The van der Waals surface area contributed by atoms with Gasteiger partial charge in [0.15, 0.2) is 0 Å². The van der Waals surface area contributed by atoms with Crippen LogP contribution in [0, 0.1) is 0 Å². The molecule has 0 rings (SSSR count). The summed E-state index contributed by atoms with van der Waals surface area (Å²) in [6.07, 6.45) is -4.88. The Morgan fingerprint density at radius 3 is 1.00 bits per heavy atom. The normalized spacial score (nSPS) is 10.5. The van der Waals surface area contributed by atoms with Gasteiger partial charge in [0.2, 0.25) is 0 Å². The van der Waals surface area contributed by atoms with Crippen LogP contribution in [0.15, 0.2) is 0 Å². The first-order valence-corrected chi connectivity index (χ1v) is 2.24. The quantitative estimate of drug-likeness (QED) is 0.465. The van der Waals surface area contributed by atoms with Crippen LogP contribution in [-0.4, -0.2) is 94.0 Å². The van der Waals surface area contributed by atoms with Gasteiger partial charge in [0.05, 0.1) is 11.9 Å². The summed E-state index contributed by atoms with van der Waals surface area (Å²) in [4.78, 5) is 19.3. The maximum absolute atomic E-state index is 9.63. The van der Waals surface area contributed by atoms with Gasteiger partial charge in [-0.15, -0.1) is 0 Å². The number of carboxylic acid groups (broad SMARTS) is 2. The standard InChI is InChI=1S/C4H6O6.Ca.4H2O/c5-1(3(7)8)2(6)4(9)10;;;;;/h1-2,5-6H,(H,7,8)(H,9,10);;4*1H2/q;+2;;;;/p-2/t1-,2+;;;;;. The number of aliphatic hydroxyl groups is 2. The first kappa shape index (κ1) is 36.3. The summed E-state index contributed by atoms with van der Waals surface area (Å²) in [5.74, 6) is -4.12. The molecular weight excluding hydrogens is 248 g/mol. The summed E-state index contributed by atoms with van der Waals surface area (Å²) in [7, 11) is 0. The monoisotopic (exact) mass is 260 g/mol. The predicted octanol–water partition coefficient (Wildman–Crippen LogP) is -8.47. The molecule has 2 atom stereocenters. The van der Waals surface area contributed by atoms with Crippen molar-refractivity contribution in [1.82, 2.24) is 0 Å². The number of aliphatic carboxylic acids is 2. The molecule has 10 nitrogen and oxygen atoms in total. The Kier molecular flexibility index (Phi) is 39.7. The molecule has 0 heterocycles. The molecule has 0 aromatic heterocycles. The van der Waals surface area contributed by atoms with Gasteiger partial charge in [-0.2, -0.15) is 0 Å². The molecule has 0 unspecified atom stereocenters. The Hall–Kier alpha value is -0.0403. The third kappa shape index (κ3) is 14.0. The number of carbonyl (C=O) groups excluding carboxylic acids is 2. The molecule has 0 radical (unpaired) electrons. The number of hydrogen-bond acceptors (Lipinski definition) is 6. The van der Waals surface area contributed by atoms with Crippen LogP contribution >= 0.6 is 0 Å². The van der Waals surface area contributed by atoms with E-state index in [-0.39, 0.29) is 59.6 Å². The van der Waals surface area contributed by atoms with Crippen molar-refractivity contribution in [3.63, 3.8) is 0 Å². The first-order valence-electron chi connectivity index (χ1n) is 2.24. The van der Waals surface area contributed by atoms with Gasteiger partial charge >= 0.3 is 37.7 Å². The SMILES string of the molecule is O.O.O.O.O=C([O-])[C@@H](O)[C@@H](O)C(=O)[O-].[Ca+2]. The molecular formula is C4H12CaO10. The van der Waals surface area contributed by atoms with E-state index in [4.69, 9.17) is 10.2 Å². The smallest absolute Gasteiger partial charge is 0.547 e. The van der Waals surface area contributed by atoms with Gasteiger partial charge in [-0.1, -0.05) is 0 Å². The van der Waals surface area contributed by atoms with Crippen LogP contribution in [0.3, 0.4) is 0 Å².